The van der Waals surface area contributed by atoms with E-state index in [4.69, 9.17) is 34.8 Å². The molecule has 3 aliphatic rings. The molecule has 3 N–H and O–H groups in total. The van der Waals surface area contributed by atoms with Gasteiger partial charge in [-0.2, -0.15) is 4.31 Å². The highest BCUT2D eigenvalue weighted by atomic mass is 35.5. The van der Waals surface area contributed by atoms with Gasteiger partial charge in [0, 0.05) is 23.2 Å². The molecule has 44 heavy (non-hydrogen) atoms. The normalized spacial score (nSPS) is 20.6. The number of carbonyl (C=O) groups is 3. The number of benzene rings is 3. The Balaban J connectivity index is 1.30. The number of rotatable bonds is 9. The highest BCUT2D eigenvalue weighted by Gasteiger charge is 2.51. The number of aliphatic carboxylic acids is 1. The zero-order valence-electron chi connectivity index (χ0n) is 23.6. The number of carboxylic acids is 1. The van der Waals surface area contributed by atoms with Crippen LogP contribution in [-0.2, 0) is 26.0 Å². The third kappa shape index (κ3) is 6.74. The molecule has 1 saturated carbocycles. The van der Waals surface area contributed by atoms with Crippen LogP contribution in [0.5, 0.6) is 0 Å². The zero-order valence-corrected chi connectivity index (χ0v) is 26.7. The maximum absolute atomic E-state index is 13.7. The van der Waals surface area contributed by atoms with Crippen LogP contribution >= 0.6 is 34.8 Å². The zero-order chi connectivity index (χ0) is 31.8. The van der Waals surface area contributed by atoms with Crippen LogP contribution in [-0.4, -0.2) is 53.7 Å². The number of amides is 2. The van der Waals surface area contributed by atoms with Crippen molar-refractivity contribution >= 4 is 68.3 Å². The first-order chi connectivity index (χ1) is 20.8. The van der Waals surface area contributed by atoms with Crippen LogP contribution in [0.3, 0.4) is 0 Å². The molecule has 6 rings (SSSR count). The molecular formula is C31H30Cl3N3O6S. The van der Waals surface area contributed by atoms with Gasteiger partial charge in [0.25, 0.3) is 5.91 Å². The first-order valence-corrected chi connectivity index (χ1v) is 16.6. The highest BCUT2D eigenvalue weighted by Crippen LogP contribution is 2.43. The van der Waals surface area contributed by atoms with Crippen molar-refractivity contribution in [3.63, 3.8) is 0 Å². The summed E-state index contributed by atoms with van der Waals surface area (Å²) in [5, 5.41) is 15.8. The predicted octanol–water partition coefficient (Wildman–Crippen LogP) is 5.95. The van der Waals surface area contributed by atoms with Crippen LogP contribution in [0.15, 0.2) is 65.6 Å². The lowest BCUT2D eigenvalue weighted by atomic mass is 9.76. The molecule has 2 aliphatic heterocycles. The van der Waals surface area contributed by atoms with Crippen LogP contribution in [0, 0.1) is 12.8 Å². The number of sulfonamides is 1. The second-order valence-corrected chi connectivity index (χ2v) is 14.3. The Labute approximate surface area is 270 Å². The molecule has 0 aromatic heterocycles. The minimum absolute atomic E-state index is 0.0599. The van der Waals surface area contributed by atoms with Gasteiger partial charge in [0.1, 0.15) is 12.1 Å². The molecule has 2 heterocycles. The molecule has 3 aromatic rings. The Hall–Kier alpha value is -3.15. The summed E-state index contributed by atoms with van der Waals surface area (Å²) in [6, 6.07) is 13.1. The number of hydrogen-bond acceptors (Lipinski definition) is 5. The first-order valence-electron chi connectivity index (χ1n) is 14.0. The Morgan fingerprint density at radius 1 is 0.932 bits per heavy atom. The number of fused-ring (bicyclic) bond motifs is 3. The van der Waals surface area contributed by atoms with Gasteiger partial charge in [-0.1, -0.05) is 64.6 Å². The molecule has 0 spiro atoms. The fourth-order valence-electron chi connectivity index (χ4n) is 5.98. The molecule has 2 amide bonds. The lowest BCUT2D eigenvalue weighted by molar-refractivity contribution is -0.143. The second kappa shape index (κ2) is 13.1. The van der Waals surface area contributed by atoms with Gasteiger partial charge in [-0.05, 0) is 80.5 Å². The van der Waals surface area contributed by atoms with Gasteiger partial charge in [0.05, 0.1) is 20.5 Å². The average Bonchev–Trinajstić information content (AvgIpc) is 2.97. The van der Waals surface area contributed by atoms with Crippen molar-refractivity contribution in [3.8, 4) is 0 Å². The largest absolute Gasteiger partial charge is 0.480 e. The number of aryl methyl sites for hydroxylation is 1. The SMILES string of the molecule is Cc1ccc(S(=O)(=O)N2C3CCC(CC3)C2C(=O)N[C@@H](Cc2ccc(NC(=O)c3c(Cl)cc(Cl)cc3Cl)cc2)C(=O)O)cc1. The lowest BCUT2D eigenvalue weighted by Gasteiger charge is -2.49. The van der Waals surface area contributed by atoms with Crippen LogP contribution < -0.4 is 10.6 Å². The number of piperidine rings is 2. The van der Waals surface area contributed by atoms with Crippen molar-refractivity contribution in [2.75, 3.05) is 5.32 Å². The molecule has 2 atom stereocenters. The van der Waals surface area contributed by atoms with Crippen molar-refractivity contribution < 1.29 is 27.9 Å². The van der Waals surface area contributed by atoms with Crippen LogP contribution in [0.4, 0.5) is 5.69 Å². The summed E-state index contributed by atoms with van der Waals surface area (Å²) in [5.41, 5.74) is 1.96. The summed E-state index contributed by atoms with van der Waals surface area (Å²) in [6.45, 7) is 1.86. The van der Waals surface area contributed by atoms with Crippen molar-refractivity contribution in [3.05, 3.63) is 92.4 Å². The van der Waals surface area contributed by atoms with Crippen LogP contribution in [0.2, 0.25) is 15.1 Å². The number of nitrogens with one attached hydrogen (secondary N) is 2. The fourth-order valence-corrected chi connectivity index (χ4v) is 8.87. The highest BCUT2D eigenvalue weighted by molar-refractivity contribution is 7.89. The summed E-state index contributed by atoms with van der Waals surface area (Å²) < 4.78 is 28.8. The van der Waals surface area contributed by atoms with Crippen LogP contribution in [0.1, 0.15) is 47.2 Å². The maximum Gasteiger partial charge on any atom is 0.326 e. The van der Waals surface area contributed by atoms with E-state index < -0.39 is 39.9 Å². The lowest BCUT2D eigenvalue weighted by Crippen LogP contribution is -2.63. The number of carboxylic acid groups (broad SMARTS) is 1. The maximum atomic E-state index is 13.7. The van der Waals surface area contributed by atoms with Crippen molar-refractivity contribution in [1.29, 1.82) is 0 Å². The predicted molar refractivity (Wildman–Crippen MR) is 169 cm³/mol. The average molecular weight is 679 g/mol. The number of carbonyl (C=O) groups excluding carboxylic acids is 2. The molecule has 232 valence electrons. The molecule has 3 aromatic carbocycles. The van der Waals surface area contributed by atoms with E-state index in [9.17, 15) is 27.9 Å². The van der Waals surface area contributed by atoms with Crippen LogP contribution in [0.25, 0.3) is 0 Å². The Kier molecular flexibility index (Phi) is 9.58. The second-order valence-electron chi connectivity index (χ2n) is 11.2. The third-order valence-corrected chi connectivity index (χ3v) is 10.9. The Bertz CT molecular complexity index is 1670. The third-order valence-electron chi connectivity index (χ3n) is 8.19. The molecule has 2 bridgehead atoms. The van der Waals surface area contributed by atoms with E-state index in [-0.39, 0.29) is 43.9 Å². The minimum atomic E-state index is -3.99. The first kappa shape index (κ1) is 32.2. The van der Waals surface area contributed by atoms with Crippen molar-refractivity contribution in [2.24, 2.45) is 5.92 Å². The van der Waals surface area contributed by atoms with E-state index >= 15 is 0 Å². The van der Waals surface area contributed by atoms with Gasteiger partial charge in [-0.3, -0.25) is 9.59 Å². The Morgan fingerprint density at radius 3 is 2.09 bits per heavy atom. The van der Waals surface area contributed by atoms with Gasteiger partial charge >= 0.3 is 5.97 Å². The number of anilines is 1. The Morgan fingerprint density at radius 2 is 1.52 bits per heavy atom. The molecule has 2 saturated heterocycles. The molecule has 1 aliphatic carbocycles. The van der Waals surface area contributed by atoms with E-state index in [1.165, 1.54) is 28.6 Å². The van der Waals surface area contributed by atoms with Gasteiger partial charge in [0.15, 0.2) is 0 Å². The standard InChI is InChI=1S/C31H30Cl3N3O6S/c1-17-2-12-23(13-3-17)44(42,43)37-22-10-6-19(7-11-22)28(37)30(39)36-26(31(40)41)14-18-4-8-21(9-5-18)35-29(38)27-24(33)15-20(32)16-25(27)34/h2-5,8-9,12-13,15-16,19,22,26,28H,6-7,10-11,14H2,1H3,(H,35,38)(H,36,39)(H,40,41)/t19?,22?,26-,28?/m0/s1. The fraction of sp³-hybridized carbons (Fsp3) is 0.323. The summed E-state index contributed by atoms with van der Waals surface area (Å²) in [5.74, 6) is -2.63. The topological polar surface area (TPSA) is 133 Å². The van der Waals surface area contributed by atoms with Gasteiger partial charge in [-0.15, -0.1) is 0 Å². The number of hydrogen-bond donors (Lipinski definition) is 3. The molecule has 0 radical (unpaired) electrons. The van der Waals surface area contributed by atoms with E-state index in [1.807, 2.05) is 6.92 Å². The summed E-state index contributed by atoms with van der Waals surface area (Å²) in [6.07, 6.45) is 2.64. The molecule has 13 heteroatoms. The molecular weight excluding hydrogens is 649 g/mol. The summed E-state index contributed by atoms with van der Waals surface area (Å²) in [4.78, 5) is 38.8. The van der Waals surface area contributed by atoms with E-state index in [1.54, 1.807) is 36.4 Å². The van der Waals surface area contributed by atoms with E-state index in [0.29, 0.717) is 36.9 Å². The summed E-state index contributed by atoms with van der Waals surface area (Å²) in [7, 11) is -3.99. The van der Waals surface area contributed by atoms with Gasteiger partial charge in [0.2, 0.25) is 15.9 Å². The van der Waals surface area contributed by atoms with Gasteiger partial charge in [-0.25, -0.2) is 13.2 Å². The summed E-state index contributed by atoms with van der Waals surface area (Å²) >= 11 is 18.2. The van der Waals surface area contributed by atoms with Gasteiger partial charge < -0.3 is 15.7 Å². The minimum Gasteiger partial charge on any atom is -0.480 e. The van der Waals surface area contributed by atoms with E-state index in [2.05, 4.69) is 10.6 Å². The quantitative estimate of drug-likeness (QED) is 0.256. The monoisotopic (exact) mass is 677 g/mol. The smallest absolute Gasteiger partial charge is 0.326 e. The number of halogens is 3. The molecule has 1 unspecified atom stereocenters. The molecule has 9 nitrogen and oxygen atoms in total. The van der Waals surface area contributed by atoms with Crippen molar-refractivity contribution in [1.82, 2.24) is 9.62 Å². The van der Waals surface area contributed by atoms with E-state index in [0.717, 1.165) is 5.56 Å². The molecule has 3 fully saturated rings. The van der Waals surface area contributed by atoms with Crippen molar-refractivity contribution in [2.45, 2.75) is 62.0 Å². The number of nitrogens with zero attached hydrogens (tertiary/aromatic N) is 1.